The van der Waals surface area contributed by atoms with Crippen molar-refractivity contribution in [1.29, 1.82) is 0 Å². The minimum atomic E-state index is -0.288. The highest BCUT2D eigenvalue weighted by atomic mass is 16.4. The molecule has 3 heteroatoms. The zero-order chi connectivity index (χ0) is 16.4. The normalized spacial score (nSPS) is 11.1. The standard InChI is InChI=1S/C20H22NO2/c1-4-5-16-8-10-21(11-9-16)13-17-12-19(22)23-20-15(3)14(2)6-7-18(17)20/h6-12H,4-5,13H2,1-3H3/q+1. The van der Waals surface area contributed by atoms with Gasteiger partial charge >= 0.3 is 5.63 Å². The van der Waals surface area contributed by atoms with E-state index in [9.17, 15) is 4.79 Å². The molecular weight excluding hydrogens is 286 g/mol. The van der Waals surface area contributed by atoms with Gasteiger partial charge < -0.3 is 4.42 Å². The van der Waals surface area contributed by atoms with Gasteiger partial charge in [-0.3, -0.25) is 0 Å². The largest absolute Gasteiger partial charge is 0.422 e. The van der Waals surface area contributed by atoms with Crippen LogP contribution < -0.4 is 10.2 Å². The molecule has 0 atom stereocenters. The molecule has 3 nitrogen and oxygen atoms in total. The molecule has 0 bridgehead atoms. The molecule has 0 amide bonds. The molecule has 23 heavy (non-hydrogen) atoms. The predicted octanol–water partition coefficient (Wildman–Crippen LogP) is 3.70. The van der Waals surface area contributed by atoms with Crippen LogP contribution in [0.15, 0.2) is 51.9 Å². The maximum Gasteiger partial charge on any atom is 0.336 e. The van der Waals surface area contributed by atoms with Crippen LogP contribution in [0, 0.1) is 13.8 Å². The Morgan fingerprint density at radius 3 is 2.52 bits per heavy atom. The molecule has 0 radical (unpaired) electrons. The van der Waals surface area contributed by atoms with Gasteiger partial charge in [0.1, 0.15) is 5.58 Å². The van der Waals surface area contributed by atoms with E-state index in [1.165, 1.54) is 5.56 Å². The summed E-state index contributed by atoms with van der Waals surface area (Å²) in [5, 5.41) is 1.01. The molecule has 0 spiro atoms. The van der Waals surface area contributed by atoms with Gasteiger partial charge in [0.25, 0.3) is 0 Å². The summed E-state index contributed by atoms with van der Waals surface area (Å²) in [4.78, 5) is 11.9. The van der Waals surface area contributed by atoms with Gasteiger partial charge in [-0.25, -0.2) is 9.36 Å². The average Bonchev–Trinajstić information content (AvgIpc) is 2.53. The first kappa shape index (κ1) is 15.5. The van der Waals surface area contributed by atoms with Crippen LogP contribution in [0.25, 0.3) is 11.0 Å². The maximum atomic E-state index is 11.9. The summed E-state index contributed by atoms with van der Waals surface area (Å²) >= 11 is 0. The van der Waals surface area contributed by atoms with Crippen LogP contribution in [0.1, 0.15) is 35.6 Å². The van der Waals surface area contributed by atoms with Crippen LogP contribution in [0.2, 0.25) is 0 Å². The van der Waals surface area contributed by atoms with Gasteiger partial charge in [-0.2, -0.15) is 0 Å². The van der Waals surface area contributed by atoms with Crippen molar-refractivity contribution in [2.75, 3.05) is 0 Å². The first-order chi connectivity index (χ1) is 11.1. The molecule has 0 saturated carbocycles. The monoisotopic (exact) mass is 308 g/mol. The predicted molar refractivity (Wildman–Crippen MR) is 91.7 cm³/mol. The Morgan fingerprint density at radius 1 is 1.09 bits per heavy atom. The van der Waals surface area contributed by atoms with Gasteiger partial charge in [0.2, 0.25) is 0 Å². The average molecular weight is 308 g/mol. The van der Waals surface area contributed by atoms with Gasteiger partial charge in [0.05, 0.1) is 0 Å². The summed E-state index contributed by atoms with van der Waals surface area (Å²) in [7, 11) is 0. The SMILES string of the molecule is CCCc1cc[n+](Cc2cc(=O)oc3c(C)c(C)ccc23)cc1. The first-order valence-corrected chi connectivity index (χ1v) is 8.09. The zero-order valence-electron chi connectivity index (χ0n) is 13.9. The molecule has 0 unspecified atom stereocenters. The van der Waals surface area contributed by atoms with Crippen LogP contribution in [-0.2, 0) is 13.0 Å². The van der Waals surface area contributed by atoms with Crippen LogP contribution in [0.4, 0.5) is 0 Å². The topological polar surface area (TPSA) is 34.1 Å². The van der Waals surface area contributed by atoms with Gasteiger partial charge in [-0.05, 0) is 37.0 Å². The fourth-order valence-electron chi connectivity index (χ4n) is 2.90. The number of fused-ring (bicyclic) bond motifs is 1. The Kier molecular flexibility index (Phi) is 4.28. The van der Waals surface area contributed by atoms with E-state index in [4.69, 9.17) is 4.42 Å². The summed E-state index contributed by atoms with van der Waals surface area (Å²) in [5.41, 5.74) is 4.92. The van der Waals surface area contributed by atoms with E-state index >= 15 is 0 Å². The number of benzene rings is 1. The molecular formula is C20H22NO2+. The third-order valence-corrected chi connectivity index (χ3v) is 4.37. The van der Waals surface area contributed by atoms with E-state index in [0.29, 0.717) is 12.1 Å². The van der Waals surface area contributed by atoms with Gasteiger partial charge in [-0.1, -0.05) is 25.5 Å². The second kappa shape index (κ2) is 6.37. The van der Waals surface area contributed by atoms with Gasteiger partial charge in [0.15, 0.2) is 18.9 Å². The molecule has 3 aromatic rings. The zero-order valence-corrected chi connectivity index (χ0v) is 13.9. The number of pyridine rings is 1. The van der Waals surface area contributed by atoms with E-state index in [1.807, 2.05) is 19.9 Å². The number of hydrogen-bond donors (Lipinski definition) is 0. The third kappa shape index (κ3) is 3.19. The van der Waals surface area contributed by atoms with Gasteiger partial charge in [-0.15, -0.1) is 0 Å². The molecule has 3 rings (SSSR count). The summed E-state index contributed by atoms with van der Waals surface area (Å²) in [5.74, 6) is 0. The number of aryl methyl sites for hydroxylation is 3. The number of nitrogens with zero attached hydrogens (tertiary/aromatic N) is 1. The van der Waals surface area contributed by atoms with Crippen LogP contribution in [-0.4, -0.2) is 0 Å². The van der Waals surface area contributed by atoms with Crippen molar-refractivity contribution >= 4 is 11.0 Å². The minimum Gasteiger partial charge on any atom is -0.422 e. The molecule has 0 saturated heterocycles. The Hall–Kier alpha value is -2.42. The molecule has 1 aromatic carbocycles. The van der Waals surface area contributed by atoms with Crippen molar-refractivity contribution in [3.63, 3.8) is 0 Å². The highest BCUT2D eigenvalue weighted by molar-refractivity contribution is 5.83. The molecule has 0 aliphatic rings. The molecule has 0 fully saturated rings. The summed E-state index contributed by atoms with van der Waals surface area (Å²) in [6.45, 7) is 6.87. The summed E-state index contributed by atoms with van der Waals surface area (Å²) in [6.07, 6.45) is 6.39. The fraction of sp³-hybridized carbons (Fsp3) is 0.300. The lowest BCUT2D eigenvalue weighted by Crippen LogP contribution is -2.33. The van der Waals surface area contributed by atoms with Crippen LogP contribution >= 0.6 is 0 Å². The van der Waals surface area contributed by atoms with E-state index in [2.05, 4.69) is 42.1 Å². The fourth-order valence-corrected chi connectivity index (χ4v) is 2.90. The Labute approximate surface area is 136 Å². The molecule has 0 aliphatic carbocycles. The number of aromatic nitrogens is 1. The van der Waals surface area contributed by atoms with Crippen LogP contribution in [0.5, 0.6) is 0 Å². The lowest BCUT2D eigenvalue weighted by Gasteiger charge is -2.07. The van der Waals surface area contributed by atoms with Crippen molar-refractivity contribution in [2.45, 2.75) is 40.2 Å². The number of rotatable bonds is 4. The van der Waals surface area contributed by atoms with Crippen LogP contribution in [0.3, 0.4) is 0 Å². The minimum absolute atomic E-state index is 0.288. The quantitative estimate of drug-likeness (QED) is 0.544. The van der Waals surface area contributed by atoms with E-state index < -0.39 is 0 Å². The third-order valence-electron chi connectivity index (χ3n) is 4.37. The Bertz CT molecular complexity index is 892. The smallest absolute Gasteiger partial charge is 0.336 e. The van der Waals surface area contributed by atoms with Crippen molar-refractivity contribution in [3.05, 3.63) is 75.4 Å². The highest BCUT2D eigenvalue weighted by Gasteiger charge is 2.12. The van der Waals surface area contributed by atoms with Crippen molar-refractivity contribution in [1.82, 2.24) is 0 Å². The molecule has 0 aliphatic heterocycles. The van der Waals surface area contributed by atoms with Gasteiger partial charge in [0, 0.05) is 29.1 Å². The molecule has 118 valence electrons. The lowest BCUT2D eigenvalue weighted by atomic mass is 10.0. The van der Waals surface area contributed by atoms with Crippen molar-refractivity contribution in [2.24, 2.45) is 0 Å². The van der Waals surface area contributed by atoms with Crippen molar-refractivity contribution < 1.29 is 8.98 Å². The first-order valence-electron chi connectivity index (χ1n) is 8.09. The summed E-state index contributed by atoms with van der Waals surface area (Å²) in [6, 6.07) is 10.0. The van der Waals surface area contributed by atoms with E-state index in [0.717, 1.165) is 34.9 Å². The highest BCUT2D eigenvalue weighted by Crippen LogP contribution is 2.23. The second-order valence-electron chi connectivity index (χ2n) is 6.10. The van der Waals surface area contributed by atoms with E-state index in [-0.39, 0.29) is 5.63 Å². The molecule has 2 aromatic heterocycles. The second-order valence-corrected chi connectivity index (χ2v) is 6.10. The summed E-state index contributed by atoms with van der Waals surface area (Å²) < 4.78 is 7.54. The Balaban J connectivity index is 2.02. The van der Waals surface area contributed by atoms with Crippen molar-refractivity contribution in [3.8, 4) is 0 Å². The Morgan fingerprint density at radius 2 is 1.83 bits per heavy atom. The number of hydrogen-bond acceptors (Lipinski definition) is 2. The van der Waals surface area contributed by atoms with E-state index in [1.54, 1.807) is 6.07 Å². The molecule has 2 heterocycles. The molecule has 0 N–H and O–H groups in total. The lowest BCUT2D eigenvalue weighted by molar-refractivity contribution is -0.688. The maximum absolute atomic E-state index is 11.9.